The molecular weight excluding hydrogens is 360 g/mol. The molecule has 2 heterocycles. The molecule has 7 heteroatoms. The van der Waals surface area contributed by atoms with Gasteiger partial charge >= 0.3 is 0 Å². The maximum atomic E-state index is 13.1. The molecule has 2 amide bonds. The number of likely N-dealkylation sites (tertiary alicyclic amines) is 1. The van der Waals surface area contributed by atoms with Crippen molar-refractivity contribution in [3.8, 4) is 17.2 Å². The molecule has 1 N–H and O–H groups in total. The summed E-state index contributed by atoms with van der Waals surface area (Å²) in [5, 5.41) is 2.94. The smallest absolute Gasteiger partial charge is 0.254 e. The molecule has 0 aliphatic carbocycles. The number of amides is 2. The number of carbonyl (C=O) groups excluding carboxylic acids is 2. The highest BCUT2D eigenvalue weighted by molar-refractivity contribution is 6.07. The van der Waals surface area contributed by atoms with E-state index in [1.54, 1.807) is 44.4 Å². The average Bonchev–Trinajstić information content (AvgIpc) is 3.29. The van der Waals surface area contributed by atoms with Gasteiger partial charge in [-0.1, -0.05) is 0 Å². The van der Waals surface area contributed by atoms with Gasteiger partial charge in [0.05, 0.1) is 26.7 Å². The molecule has 0 unspecified atom stereocenters. The predicted octanol–water partition coefficient (Wildman–Crippen LogP) is 2.45. The Labute approximate surface area is 163 Å². The third-order valence-corrected chi connectivity index (χ3v) is 5.58. The van der Waals surface area contributed by atoms with E-state index in [2.05, 4.69) is 5.32 Å². The summed E-state index contributed by atoms with van der Waals surface area (Å²) in [6, 6.07) is 10.6. The van der Waals surface area contributed by atoms with Crippen molar-refractivity contribution in [3.05, 3.63) is 47.5 Å². The van der Waals surface area contributed by atoms with Crippen LogP contribution in [0, 0.1) is 0 Å². The lowest BCUT2D eigenvalue weighted by Crippen LogP contribution is -2.39. The van der Waals surface area contributed by atoms with Crippen LogP contribution >= 0.6 is 0 Å². The van der Waals surface area contributed by atoms with Crippen molar-refractivity contribution in [3.63, 3.8) is 0 Å². The molecule has 4 rings (SSSR count). The van der Waals surface area contributed by atoms with E-state index in [0.717, 1.165) is 11.3 Å². The molecule has 0 radical (unpaired) electrons. The first-order valence-corrected chi connectivity index (χ1v) is 9.03. The van der Waals surface area contributed by atoms with Crippen LogP contribution in [0.3, 0.4) is 0 Å². The summed E-state index contributed by atoms with van der Waals surface area (Å²) >= 11 is 0. The fourth-order valence-corrected chi connectivity index (χ4v) is 4.02. The van der Waals surface area contributed by atoms with Crippen molar-refractivity contribution in [2.45, 2.75) is 11.8 Å². The van der Waals surface area contributed by atoms with E-state index in [1.165, 1.54) is 0 Å². The minimum absolute atomic E-state index is 0.0747. The number of benzene rings is 2. The number of methoxy groups -OCH3 is 3. The Balaban J connectivity index is 1.65. The number of rotatable bonds is 4. The average molecular weight is 382 g/mol. The van der Waals surface area contributed by atoms with Crippen molar-refractivity contribution >= 4 is 17.5 Å². The van der Waals surface area contributed by atoms with E-state index in [-0.39, 0.29) is 11.8 Å². The molecule has 2 aromatic rings. The van der Waals surface area contributed by atoms with Crippen LogP contribution in [0.1, 0.15) is 22.3 Å². The van der Waals surface area contributed by atoms with Crippen LogP contribution < -0.4 is 19.5 Å². The molecule has 2 aromatic carbocycles. The standard InChI is InChI=1S/C21H22N2O5/c1-26-14-4-5-18-17(11-14)21(20(25)22-18)6-7-23(12-21)19(24)13-8-15(27-2)10-16(9-13)28-3/h4-5,8-11H,6-7,12H2,1-3H3,(H,22,25)/t21-/m0/s1. The van der Waals surface area contributed by atoms with Crippen LogP contribution in [0.4, 0.5) is 5.69 Å². The molecule has 0 saturated carbocycles. The molecule has 1 fully saturated rings. The van der Waals surface area contributed by atoms with Gasteiger partial charge in [0.1, 0.15) is 17.2 Å². The molecule has 7 nitrogen and oxygen atoms in total. The van der Waals surface area contributed by atoms with E-state index in [1.807, 2.05) is 18.2 Å². The van der Waals surface area contributed by atoms with Gasteiger partial charge in [-0.05, 0) is 42.3 Å². The normalized spacial score (nSPS) is 20.1. The van der Waals surface area contributed by atoms with Crippen LogP contribution in [-0.4, -0.2) is 51.1 Å². The van der Waals surface area contributed by atoms with E-state index in [9.17, 15) is 9.59 Å². The van der Waals surface area contributed by atoms with Crippen molar-refractivity contribution in [1.29, 1.82) is 0 Å². The second kappa shape index (κ2) is 6.74. The number of hydrogen-bond donors (Lipinski definition) is 1. The zero-order valence-corrected chi connectivity index (χ0v) is 16.1. The van der Waals surface area contributed by atoms with Gasteiger partial charge in [-0.2, -0.15) is 0 Å². The Kier molecular flexibility index (Phi) is 4.37. The Morgan fingerprint density at radius 1 is 1.00 bits per heavy atom. The summed E-state index contributed by atoms with van der Waals surface area (Å²) in [5.41, 5.74) is 1.39. The van der Waals surface area contributed by atoms with Gasteiger partial charge in [0.25, 0.3) is 5.91 Å². The Bertz CT molecular complexity index is 936. The van der Waals surface area contributed by atoms with Crippen LogP contribution in [0.2, 0.25) is 0 Å². The Morgan fingerprint density at radius 2 is 1.68 bits per heavy atom. The lowest BCUT2D eigenvalue weighted by Gasteiger charge is -2.23. The monoisotopic (exact) mass is 382 g/mol. The fraction of sp³-hybridized carbons (Fsp3) is 0.333. The minimum Gasteiger partial charge on any atom is -0.497 e. The number of ether oxygens (including phenoxy) is 3. The third-order valence-electron chi connectivity index (χ3n) is 5.58. The maximum absolute atomic E-state index is 13.1. The summed E-state index contributed by atoms with van der Waals surface area (Å²) in [7, 11) is 4.68. The van der Waals surface area contributed by atoms with Gasteiger partial charge in [0, 0.05) is 30.4 Å². The fourth-order valence-electron chi connectivity index (χ4n) is 4.02. The number of nitrogens with zero attached hydrogens (tertiary/aromatic N) is 1. The summed E-state index contributed by atoms with van der Waals surface area (Å²) < 4.78 is 15.9. The van der Waals surface area contributed by atoms with Gasteiger partial charge in [-0.25, -0.2) is 0 Å². The zero-order valence-electron chi connectivity index (χ0n) is 16.1. The first-order chi connectivity index (χ1) is 13.5. The van der Waals surface area contributed by atoms with E-state index >= 15 is 0 Å². The minimum atomic E-state index is -0.748. The number of anilines is 1. The third kappa shape index (κ3) is 2.74. The van der Waals surface area contributed by atoms with Gasteiger partial charge < -0.3 is 24.4 Å². The number of fused-ring (bicyclic) bond motifs is 2. The van der Waals surface area contributed by atoms with Crippen LogP contribution in [0.5, 0.6) is 17.2 Å². The molecule has 28 heavy (non-hydrogen) atoms. The molecule has 2 aliphatic heterocycles. The highest BCUT2D eigenvalue weighted by Gasteiger charge is 2.52. The van der Waals surface area contributed by atoms with Crippen molar-refractivity contribution in [2.75, 3.05) is 39.7 Å². The van der Waals surface area contributed by atoms with Gasteiger partial charge in [-0.3, -0.25) is 9.59 Å². The molecule has 1 spiro atoms. The molecule has 1 atom stereocenters. The zero-order chi connectivity index (χ0) is 19.9. The SMILES string of the molecule is COc1cc(OC)cc(C(=O)N2CC[C@@]3(C2)C(=O)Nc2ccc(OC)cc23)c1. The molecule has 1 saturated heterocycles. The number of nitrogens with one attached hydrogen (secondary N) is 1. The van der Waals surface area contributed by atoms with Crippen LogP contribution in [0.15, 0.2) is 36.4 Å². The first kappa shape index (κ1) is 18.2. The summed E-state index contributed by atoms with van der Waals surface area (Å²) in [5.74, 6) is 1.56. The Morgan fingerprint density at radius 3 is 2.32 bits per heavy atom. The molecule has 146 valence electrons. The van der Waals surface area contributed by atoms with Gasteiger partial charge in [-0.15, -0.1) is 0 Å². The topological polar surface area (TPSA) is 77.1 Å². The second-order valence-corrected chi connectivity index (χ2v) is 7.03. The highest BCUT2D eigenvalue weighted by atomic mass is 16.5. The summed E-state index contributed by atoms with van der Waals surface area (Å²) in [6.07, 6.45) is 0.561. The molecular formula is C21H22N2O5. The second-order valence-electron chi connectivity index (χ2n) is 7.03. The van der Waals surface area contributed by atoms with Crippen LogP contribution in [-0.2, 0) is 10.2 Å². The quantitative estimate of drug-likeness (QED) is 0.879. The highest BCUT2D eigenvalue weighted by Crippen LogP contribution is 2.45. The van der Waals surface area contributed by atoms with Crippen molar-refractivity contribution in [1.82, 2.24) is 4.90 Å². The lowest BCUT2D eigenvalue weighted by molar-refractivity contribution is -0.120. The van der Waals surface area contributed by atoms with E-state index in [0.29, 0.717) is 42.3 Å². The van der Waals surface area contributed by atoms with Crippen molar-refractivity contribution < 1.29 is 23.8 Å². The maximum Gasteiger partial charge on any atom is 0.254 e. The van der Waals surface area contributed by atoms with Crippen molar-refractivity contribution in [2.24, 2.45) is 0 Å². The largest absolute Gasteiger partial charge is 0.497 e. The van der Waals surface area contributed by atoms with E-state index in [4.69, 9.17) is 14.2 Å². The summed E-state index contributed by atoms with van der Waals surface area (Å²) in [6.45, 7) is 0.805. The Hall–Kier alpha value is -3.22. The number of carbonyl (C=O) groups is 2. The van der Waals surface area contributed by atoms with Gasteiger partial charge in [0.2, 0.25) is 5.91 Å². The molecule has 0 aromatic heterocycles. The first-order valence-electron chi connectivity index (χ1n) is 9.03. The molecule has 0 bridgehead atoms. The molecule has 2 aliphatic rings. The van der Waals surface area contributed by atoms with Gasteiger partial charge in [0.15, 0.2) is 0 Å². The lowest BCUT2D eigenvalue weighted by atomic mass is 9.81. The predicted molar refractivity (Wildman–Crippen MR) is 103 cm³/mol. The summed E-state index contributed by atoms with van der Waals surface area (Å²) in [4.78, 5) is 27.7. The van der Waals surface area contributed by atoms with Crippen LogP contribution in [0.25, 0.3) is 0 Å². The van der Waals surface area contributed by atoms with E-state index < -0.39 is 5.41 Å². The number of hydrogen-bond acceptors (Lipinski definition) is 5.